The topological polar surface area (TPSA) is 46.5 Å². The predicted octanol–water partition coefficient (Wildman–Crippen LogP) is 3.71. The zero-order chi connectivity index (χ0) is 14.6. The average molecular weight is 307 g/mol. The Morgan fingerprint density at radius 1 is 1.43 bits per heavy atom. The molecule has 0 spiro atoms. The Morgan fingerprint density at radius 2 is 2.29 bits per heavy atom. The molecule has 2 aliphatic carbocycles. The number of carboxylic acids is 1. The average Bonchev–Trinajstić information content (AvgIpc) is 3.12. The molecule has 1 aromatic carbocycles. The molecule has 0 aromatic heterocycles. The molecule has 0 amide bonds. The van der Waals surface area contributed by atoms with Gasteiger partial charge >= 0.3 is 5.97 Å². The zero-order valence-electron chi connectivity index (χ0n) is 11.9. The summed E-state index contributed by atoms with van der Waals surface area (Å²) in [5.41, 5.74) is 1.51. The molecule has 0 radical (unpaired) electrons. The van der Waals surface area contributed by atoms with Gasteiger partial charge in [0.1, 0.15) is 5.75 Å². The molecular formula is C17H19ClO3. The molecule has 4 rings (SSSR count). The van der Waals surface area contributed by atoms with Crippen LogP contribution in [-0.2, 0) is 17.6 Å². The molecule has 4 heteroatoms. The number of fused-ring (bicyclic) bond motifs is 3. The maximum absolute atomic E-state index is 12.0. The molecule has 3 nitrogen and oxygen atoms in total. The second kappa shape index (κ2) is 4.64. The Morgan fingerprint density at radius 3 is 2.95 bits per heavy atom. The number of hydrogen-bond donors (Lipinski definition) is 1. The number of benzene rings is 1. The van der Waals surface area contributed by atoms with Crippen LogP contribution in [0.4, 0.5) is 0 Å². The summed E-state index contributed by atoms with van der Waals surface area (Å²) in [4.78, 5) is 12.0. The first kappa shape index (κ1) is 13.4. The Bertz CT molecular complexity index is 612. The number of rotatable bonds is 3. The van der Waals surface area contributed by atoms with Gasteiger partial charge in [-0.05, 0) is 60.8 Å². The molecule has 112 valence electrons. The van der Waals surface area contributed by atoms with Gasteiger partial charge in [-0.2, -0.15) is 0 Å². The Hall–Kier alpha value is -1.22. The van der Waals surface area contributed by atoms with E-state index >= 15 is 0 Å². The molecule has 21 heavy (non-hydrogen) atoms. The van der Waals surface area contributed by atoms with E-state index in [9.17, 15) is 9.90 Å². The molecule has 3 atom stereocenters. The first-order chi connectivity index (χ1) is 10.1. The van der Waals surface area contributed by atoms with E-state index in [0.29, 0.717) is 29.9 Å². The van der Waals surface area contributed by atoms with Crippen LogP contribution in [0.1, 0.15) is 36.8 Å². The molecule has 2 bridgehead atoms. The van der Waals surface area contributed by atoms with Gasteiger partial charge in [-0.3, -0.25) is 4.79 Å². The third-order valence-electron chi connectivity index (χ3n) is 5.73. The number of carbonyl (C=O) groups is 1. The lowest BCUT2D eigenvalue weighted by Crippen LogP contribution is -2.38. The number of carboxylic acid groups (broad SMARTS) is 1. The smallest absolute Gasteiger partial charge is 0.310 e. The molecule has 1 heterocycles. The van der Waals surface area contributed by atoms with Gasteiger partial charge in [0, 0.05) is 11.4 Å². The highest BCUT2D eigenvalue weighted by atomic mass is 35.5. The van der Waals surface area contributed by atoms with Crippen LogP contribution in [-0.4, -0.2) is 17.7 Å². The quantitative estimate of drug-likeness (QED) is 0.926. The van der Waals surface area contributed by atoms with Crippen LogP contribution in [0.5, 0.6) is 5.75 Å². The normalized spacial score (nSPS) is 33.0. The minimum Gasteiger partial charge on any atom is -0.493 e. The highest BCUT2D eigenvalue weighted by molar-refractivity contribution is 6.30. The number of halogens is 1. The molecule has 3 aliphatic rings. The van der Waals surface area contributed by atoms with Crippen LogP contribution < -0.4 is 4.74 Å². The molecule has 1 N–H and O–H groups in total. The first-order valence-electron chi connectivity index (χ1n) is 7.76. The summed E-state index contributed by atoms with van der Waals surface area (Å²) in [6.07, 6.45) is 5.58. The maximum atomic E-state index is 12.0. The number of ether oxygens (including phenoxy) is 1. The van der Waals surface area contributed by atoms with Crippen molar-refractivity contribution in [2.45, 2.75) is 38.5 Å². The van der Waals surface area contributed by atoms with Gasteiger partial charge in [-0.15, -0.1) is 0 Å². The van der Waals surface area contributed by atoms with E-state index in [2.05, 4.69) is 0 Å². The summed E-state index contributed by atoms with van der Waals surface area (Å²) < 4.78 is 5.75. The lowest BCUT2D eigenvalue weighted by molar-refractivity contribution is -0.152. The summed E-state index contributed by atoms with van der Waals surface area (Å²) in [6.45, 7) is 0.675. The van der Waals surface area contributed by atoms with E-state index < -0.39 is 11.4 Å². The van der Waals surface area contributed by atoms with Crippen molar-refractivity contribution in [1.82, 2.24) is 0 Å². The second-order valence-corrected chi connectivity index (χ2v) is 7.31. The number of hydrogen-bond acceptors (Lipinski definition) is 2. The van der Waals surface area contributed by atoms with E-state index in [1.54, 1.807) is 0 Å². The van der Waals surface area contributed by atoms with Gasteiger partial charge in [-0.1, -0.05) is 18.0 Å². The van der Waals surface area contributed by atoms with Crippen molar-refractivity contribution in [3.8, 4) is 5.75 Å². The summed E-state index contributed by atoms with van der Waals surface area (Å²) in [5, 5.41) is 10.6. The van der Waals surface area contributed by atoms with E-state index in [1.807, 2.05) is 12.1 Å². The zero-order valence-corrected chi connectivity index (χ0v) is 12.7. The van der Waals surface area contributed by atoms with Crippen LogP contribution in [0.25, 0.3) is 0 Å². The second-order valence-electron chi connectivity index (χ2n) is 6.87. The predicted molar refractivity (Wildman–Crippen MR) is 79.9 cm³/mol. The Kier molecular flexibility index (Phi) is 2.97. The van der Waals surface area contributed by atoms with E-state index in [4.69, 9.17) is 16.3 Å². The standard InChI is InChI=1S/C17H19ClO3/c18-14-6-11-3-4-21-15(11)12(7-14)9-17(16(19)20)8-10-1-2-13(17)5-10/h6-7,10,13H,1-5,8-9H2,(H,19,20). The SMILES string of the molecule is O=C(O)C1(Cc2cc(Cl)cc3c2OCC3)CC2CCC1C2. The third kappa shape index (κ3) is 1.97. The molecule has 2 fully saturated rings. The minimum absolute atomic E-state index is 0.316. The van der Waals surface area contributed by atoms with Gasteiger partial charge in [-0.25, -0.2) is 0 Å². The van der Waals surface area contributed by atoms with Crippen molar-refractivity contribution < 1.29 is 14.6 Å². The fraction of sp³-hybridized carbons (Fsp3) is 0.588. The van der Waals surface area contributed by atoms with Crippen LogP contribution in [0.15, 0.2) is 12.1 Å². The molecule has 2 saturated carbocycles. The molecule has 0 saturated heterocycles. The maximum Gasteiger partial charge on any atom is 0.310 e. The molecule has 1 aromatic rings. The van der Waals surface area contributed by atoms with Crippen molar-refractivity contribution in [3.05, 3.63) is 28.3 Å². The highest BCUT2D eigenvalue weighted by Gasteiger charge is 2.56. The fourth-order valence-corrected chi connectivity index (χ4v) is 5.08. The van der Waals surface area contributed by atoms with E-state index in [-0.39, 0.29) is 0 Å². The van der Waals surface area contributed by atoms with Crippen LogP contribution in [0, 0.1) is 17.3 Å². The van der Waals surface area contributed by atoms with Crippen molar-refractivity contribution in [1.29, 1.82) is 0 Å². The fourth-order valence-electron chi connectivity index (χ4n) is 4.82. The molecular weight excluding hydrogens is 288 g/mol. The first-order valence-corrected chi connectivity index (χ1v) is 8.14. The van der Waals surface area contributed by atoms with Crippen LogP contribution in [0.2, 0.25) is 5.02 Å². The summed E-state index contributed by atoms with van der Waals surface area (Å²) in [5.74, 6) is 1.17. The van der Waals surface area contributed by atoms with E-state index in [1.165, 1.54) is 6.42 Å². The van der Waals surface area contributed by atoms with Gasteiger partial charge in [0.15, 0.2) is 0 Å². The lowest BCUT2D eigenvalue weighted by Gasteiger charge is -2.34. The summed E-state index contributed by atoms with van der Waals surface area (Å²) in [7, 11) is 0. The van der Waals surface area contributed by atoms with Crippen molar-refractivity contribution in [2.75, 3.05) is 6.61 Å². The monoisotopic (exact) mass is 306 g/mol. The summed E-state index contributed by atoms with van der Waals surface area (Å²) in [6, 6.07) is 3.85. The van der Waals surface area contributed by atoms with Gasteiger partial charge < -0.3 is 9.84 Å². The Labute approximate surface area is 129 Å². The Balaban J connectivity index is 1.73. The third-order valence-corrected chi connectivity index (χ3v) is 5.95. The van der Waals surface area contributed by atoms with E-state index in [0.717, 1.165) is 42.6 Å². The van der Waals surface area contributed by atoms with Crippen LogP contribution >= 0.6 is 11.6 Å². The van der Waals surface area contributed by atoms with Crippen molar-refractivity contribution >= 4 is 17.6 Å². The molecule has 3 unspecified atom stereocenters. The van der Waals surface area contributed by atoms with Crippen LogP contribution in [0.3, 0.4) is 0 Å². The molecule has 1 aliphatic heterocycles. The summed E-state index contributed by atoms with van der Waals surface area (Å²) >= 11 is 6.22. The van der Waals surface area contributed by atoms with Gasteiger partial charge in [0.05, 0.1) is 12.0 Å². The highest BCUT2D eigenvalue weighted by Crippen LogP contribution is 2.58. The van der Waals surface area contributed by atoms with Crippen molar-refractivity contribution in [3.63, 3.8) is 0 Å². The largest absolute Gasteiger partial charge is 0.493 e. The number of aliphatic carboxylic acids is 1. The van der Waals surface area contributed by atoms with Gasteiger partial charge in [0.2, 0.25) is 0 Å². The minimum atomic E-state index is -0.638. The van der Waals surface area contributed by atoms with Crippen molar-refractivity contribution in [2.24, 2.45) is 17.3 Å². The van der Waals surface area contributed by atoms with Gasteiger partial charge in [0.25, 0.3) is 0 Å². The lowest BCUT2D eigenvalue weighted by atomic mass is 9.69.